The van der Waals surface area contributed by atoms with Crippen molar-refractivity contribution in [2.75, 3.05) is 5.32 Å². The van der Waals surface area contributed by atoms with E-state index in [9.17, 15) is 0 Å². The second-order valence-electron chi connectivity index (χ2n) is 7.67. The zero-order valence-electron chi connectivity index (χ0n) is 15.8. The first kappa shape index (κ1) is 17.4. The van der Waals surface area contributed by atoms with Crippen LogP contribution in [0.25, 0.3) is 27.8 Å². The van der Waals surface area contributed by atoms with Gasteiger partial charge in [0.1, 0.15) is 11.5 Å². The third-order valence-corrected chi connectivity index (χ3v) is 6.05. The number of para-hydroxylation sites is 1. The van der Waals surface area contributed by atoms with Gasteiger partial charge in [-0.05, 0) is 43.0 Å². The molecule has 6 heteroatoms. The summed E-state index contributed by atoms with van der Waals surface area (Å²) in [6.07, 6.45) is 5.04. The van der Waals surface area contributed by atoms with Crippen molar-refractivity contribution < 1.29 is 0 Å². The molecule has 4 aromatic rings. The van der Waals surface area contributed by atoms with Gasteiger partial charge in [-0.2, -0.15) is 4.52 Å². The molecule has 0 unspecified atom stereocenters. The lowest BCUT2D eigenvalue weighted by atomic mass is 9.86. The number of benzene rings is 2. The van der Waals surface area contributed by atoms with Crippen LogP contribution in [0.1, 0.15) is 32.6 Å². The maximum Gasteiger partial charge on any atom is 0.186 e. The lowest BCUT2D eigenvalue weighted by Gasteiger charge is -2.30. The highest BCUT2D eigenvalue weighted by molar-refractivity contribution is 6.30. The van der Waals surface area contributed by atoms with E-state index in [1.165, 1.54) is 25.7 Å². The largest absolute Gasteiger partial charge is 0.366 e. The SMILES string of the molecule is C[C@@H]1CCCC[C@H]1Nc1nc2c(-c3ccc(Cl)cc3)nnn2c2ccccc12. The molecule has 5 nitrogen and oxygen atoms in total. The molecule has 0 bridgehead atoms. The van der Waals surface area contributed by atoms with E-state index in [4.69, 9.17) is 16.6 Å². The Labute approximate surface area is 168 Å². The minimum atomic E-state index is 0.446. The summed E-state index contributed by atoms with van der Waals surface area (Å²) < 4.78 is 1.83. The average Bonchev–Trinajstić information content (AvgIpc) is 3.14. The Hall–Kier alpha value is -2.66. The van der Waals surface area contributed by atoms with E-state index in [2.05, 4.69) is 34.7 Å². The molecule has 0 saturated heterocycles. The van der Waals surface area contributed by atoms with Gasteiger partial charge in [-0.3, -0.25) is 0 Å². The van der Waals surface area contributed by atoms with Crippen LogP contribution in [0.3, 0.4) is 0 Å². The molecule has 0 spiro atoms. The van der Waals surface area contributed by atoms with Crippen molar-refractivity contribution in [1.82, 2.24) is 19.8 Å². The van der Waals surface area contributed by atoms with Crippen molar-refractivity contribution in [2.24, 2.45) is 5.92 Å². The van der Waals surface area contributed by atoms with Crippen LogP contribution in [0.2, 0.25) is 5.02 Å². The molecule has 28 heavy (non-hydrogen) atoms. The molecule has 1 N–H and O–H groups in total. The number of nitrogens with zero attached hydrogens (tertiary/aromatic N) is 4. The molecule has 1 aliphatic carbocycles. The molecule has 0 radical (unpaired) electrons. The number of rotatable bonds is 3. The van der Waals surface area contributed by atoms with Gasteiger partial charge in [0.15, 0.2) is 5.65 Å². The second-order valence-corrected chi connectivity index (χ2v) is 8.11. The molecule has 2 aromatic heterocycles. The maximum atomic E-state index is 6.05. The summed E-state index contributed by atoms with van der Waals surface area (Å²) in [6, 6.07) is 16.3. The van der Waals surface area contributed by atoms with E-state index in [-0.39, 0.29) is 0 Å². The van der Waals surface area contributed by atoms with Crippen molar-refractivity contribution in [3.8, 4) is 11.3 Å². The van der Waals surface area contributed by atoms with Crippen LogP contribution < -0.4 is 5.32 Å². The van der Waals surface area contributed by atoms with Gasteiger partial charge in [0.25, 0.3) is 0 Å². The Morgan fingerprint density at radius 2 is 1.82 bits per heavy atom. The summed E-state index contributed by atoms with van der Waals surface area (Å²) in [5.74, 6) is 1.56. The highest BCUT2D eigenvalue weighted by Crippen LogP contribution is 2.31. The van der Waals surface area contributed by atoms with Crippen LogP contribution in [0.5, 0.6) is 0 Å². The quantitative estimate of drug-likeness (QED) is 0.494. The fourth-order valence-corrected chi connectivity index (χ4v) is 4.30. The van der Waals surface area contributed by atoms with Crippen molar-refractivity contribution in [2.45, 2.75) is 38.6 Å². The van der Waals surface area contributed by atoms with Gasteiger partial charge < -0.3 is 5.32 Å². The summed E-state index contributed by atoms with van der Waals surface area (Å²) in [4.78, 5) is 4.98. The van der Waals surface area contributed by atoms with Crippen LogP contribution in [-0.2, 0) is 0 Å². The van der Waals surface area contributed by atoms with Gasteiger partial charge in [-0.1, -0.05) is 60.8 Å². The summed E-state index contributed by atoms with van der Waals surface area (Å²) in [6.45, 7) is 2.33. The first-order chi connectivity index (χ1) is 13.7. The molecule has 2 aromatic carbocycles. The van der Waals surface area contributed by atoms with Crippen LogP contribution in [0.4, 0.5) is 5.82 Å². The highest BCUT2D eigenvalue weighted by atomic mass is 35.5. The van der Waals surface area contributed by atoms with E-state index in [1.807, 2.05) is 40.9 Å². The minimum Gasteiger partial charge on any atom is -0.366 e. The average molecular weight is 392 g/mol. The van der Waals surface area contributed by atoms with Gasteiger partial charge in [0, 0.05) is 22.0 Å². The number of hydrogen-bond acceptors (Lipinski definition) is 4. The predicted octanol–water partition coefficient (Wildman–Crippen LogP) is 5.59. The van der Waals surface area contributed by atoms with Crippen molar-refractivity contribution in [3.05, 3.63) is 53.6 Å². The molecule has 0 aliphatic heterocycles. The lowest BCUT2D eigenvalue weighted by Crippen LogP contribution is -2.30. The first-order valence-corrected chi connectivity index (χ1v) is 10.2. The Bertz CT molecular complexity index is 1140. The lowest BCUT2D eigenvalue weighted by molar-refractivity contribution is 0.349. The molecular formula is C22H22ClN5. The molecule has 142 valence electrons. The standard InChI is InChI=1S/C22H22ClN5/c1-14-6-2-4-8-18(14)24-21-17-7-3-5-9-19(17)28-22(25-21)20(26-27-28)15-10-12-16(23)13-11-15/h3,5,7,9-14,18H,2,4,6,8H2,1H3,(H,24,25)/t14-,18-/m1/s1. The van der Waals surface area contributed by atoms with Crippen LogP contribution in [-0.4, -0.2) is 25.9 Å². The zero-order chi connectivity index (χ0) is 19.1. The van der Waals surface area contributed by atoms with Crippen molar-refractivity contribution >= 4 is 34.0 Å². The minimum absolute atomic E-state index is 0.446. The Kier molecular flexibility index (Phi) is 4.40. The van der Waals surface area contributed by atoms with E-state index in [1.54, 1.807) is 0 Å². The number of halogens is 1. The van der Waals surface area contributed by atoms with Gasteiger partial charge in [0.05, 0.1) is 5.52 Å². The number of fused-ring (bicyclic) bond motifs is 3. The number of nitrogens with one attached hydrogen (secondary N) is 1. The molecule has 0 amide bonds. The van der Waals surface area contributed by atoms with E-state index >= 15 is 0 Å². The third kappa shape index (κ3) is 3.00. The molecule has 2 atom stereocenters. The van der Waals surface area contributed by atoms with Crippen LogP contribution >= 0.6 is 11.6 Å². The summed E-state index contributed by atoms with van der Waals surface area (Å²) >= 11 is 6.05. The highest BCUT2D eigenvalue weighted by Gasteiger charge is 2.23. The fourth-order valence-electron chi connectivity index (χ4n) is 4.18. The maximum absolute atomic E-state index is 6.05. The first-order valence-electron chi connectivity index (χ1n) is 9.87. The number of hydrogen-bond donors (Lipinski definition) is 1. The van der Waals surface area contributed by atoms with E-state index < -0.39 is 0 Å². The topological polar surface area (TPSA) is 55.1 Å². The van der Waals surface area contributed by atoms with Crippen molar-refractivity contribution in [1.29, 1.82) is 0 Å². The smallest absolute Gasteiger partial charge is 0.186 e. The number of anilines is 1. The molecule has 2 heterocycles. The van der Waals surface area contributed by atoms with Crippen LogP contribution in [0, 0.1) is 5.92 Å². The third-order valence-electron chi connectivity index (χ3n) is 5.80. The molecular weight excluding hydrogens is 370 g/mol. The second kappa shape index (κ2) is 7.06. The van der Waals surface area contributed by atoms with Gasteiger partial charge >= 0.3 is 0 Å². The monoisotopic (exact) mass is 391 g/mol. The molecule has 1 saturated carbocycles. The molecule has 1 aliphatic rings. The van der Waals surface area contributed by atoms with E-state index in [0.717, 1.165) is 33.6 Å². The van der Waals surface area contributed by atoms with Crippen molar-refractivity contribution in [3.63, 3.8) is 0 Å². The summed E-state index contributed by atoms with van der Waals surface area (Å²) in [5.41, 5.74) is 3.49. The predicted molar refractivity (Wildman–Crippen MR) is 114 cm³/mol. The van der Waals surface area contributed by atoms with Gasteiger partial charge in [0.2, 0.25) is 0 Å². The number of aromatic nitrogens is 4. The van der Waals surface area contributed by atoms with E-state index in [0.29, 0.717) is 17.0 Å². The Morgan fingerprint density at radius 3 is 2.64 bits per heavy atom. The van der Waals surface area contributed by atoms with Gasteiger partial charge in [-0.15, -0.1) is 5.10 Å². The normalized spacial score (nSPS) is 19.9. The molecule has 1 fully saturated rings. The summed E-state index contributed by atoms with van der Waals surface area (Å²) in [7, 11) is 0. The summed E-state index contributed by atoms with van der Waals surface area (Å²) in [5, 5.41) is 14.3. The van der Waals surface area contributed by atoms with Crippen LogP contribution in [0.15, 0.2) is 48.5 Å². The zero-order valence-corrected chi connectivity index (χ0v) is 16.5. The Balaban J connectivity index is 1.67. The Morgan fingerprint density at radius 1 is 1.04 bits per heavy atom. The molecule has 5 rings (SSSR count). The fraction of sp³-hybridized carbons (Fsp3) is 0.318. The van der Waals surface area contributed by atoms with Gasteiger partial charge in [-0.25, -0.2) is 4.98 Å².